The highest BCUT2D eigenvalue weighted by molar-refractivity contribution is 7.89. The molecule has 0 heterocycles. The molecule has 0 unspecified atom stereocenters. The lowest BCUT2D eigenvalue weighted by molar-refractivity contribution is -0.131. The van der Waals surface area contributed by atoms with Crippen molar-refractivity contribution >= 4 is 27.5 Å². The Morgan fingerprint density at radius 1 is 1.08 bits per heavy atom. The first kappa shape index (κ1) is 20.4. The first-order valence-electron chi connectivity index (χ1n) is 7.86. The minimum absolute atomic E-state index is 0.0615. The smallest absolute Gasteiger partial charge is 0.243 e. The lowest BCUT2D eigenvalue weighted by atomic mass is 10.1. The van der Waals surface area contributed by atoms with Gasteiger partial charge in [-0.05, 0) is 48.9 Å². The van der Waals surface area contributed by atoms with Crippen LogP contribution in [0.5, 0.6) is 0 Å². The predicted molar refractivity (Wildman–Crippen MR) is 98.9 cm³/mol. The molecule has 0 fully saturated rings. The van der Waals surface area contributed by atoms with Crippen LogP contribution in [-0.2, 0) is 14.8 Å². The molecule has 0 N–H and O–H groups in total. The van der Waals surface area contributed by atoms with Crippen LogP contribution in [-0.4, -0.2) is 44.2 Å². The van der Waals surface area contributed by atoms with Gasteiger partial charge in [0.2, 0.25) is 15.9 Å². The second-order valence-electron chi connectivity index (χ2n) is 5.95. The van der Waals surface area contributed by atoms with E-state index >= 15 is 0 Å². The van der Waals surface area contributed by atoms with Crippen molar-refractivity contribution in [3.8, 4) is 0 Å². The van der Waals surface area contributed by atoms with E-state index in [0.717, 1.165) is 9.87 Å². The molecule has 1 amide bonds. The molecule has 0 saturated heterocycles. The number of sulfonamides is 1. The number of amides is 1. The average molecular weight is 399 g/mol. The Balaban J connectivity index is 2.09. The molecule has 0 aliphatic heterocycles. The number of nitrogens with zero attached hydrogens (tertiary/aromatic N) is 2. The van der Waals surface area contributed by atoms with Crippen LogP contribution in [0.25, 0.3) is 0 Å². The highest BCUT2D eigenvalue weighted by atomic mass is 35.5. The van der Waals surface area contributed by atoms with Gasteiger partial charge in [0, 0.05) is 19.1 Å². The molecule has 8 heteroatoms. The molecule has 0 saturated carbocycles. The van der Waals surface area contributed by atoms with Crippen LogP contribution in [0.2, 0.25) is 5.02 Å². The fourth-order valence-corrected chi connectivity index (χ4v) is 3.60. The van der Waals surface area contributed by atoms with Crippen LogP contribution in [0.4, 0.5) is 4.39 Å². The summed E-state index contributed by atoms with van der Waals surface area (Å²) in [5, 5.41) is 0.426. The highest BCUT2D eigenvalue weighted by Gasteiger charge is 2.26. The first-order chi connectivity index (χ1) is 12.1. The molecule has 0 radical (unpaired) electrons. The van der Waals surface area contributed by atoms with Gasteiger partial charge < -0.3 is 4.90 Å². The Morgan fingerprint density at radius 2 is 1.62 bits per heavy atom. The number of halogens is 2. The van der Waals surface area contributed by atoms with E-state index in [1.165, 1.54) is 48.3 Å². The van der Waals surface area contributed by atoms with E-state index in [1.54, 1.807) is 26.1 Å². The van der Waals surface area contributed by atoms with E-state index in [-0.39, 0.29) is 29.2 Å². The largest absolute Gasteiger partial charge is 0.338 e. The lowest BCUT2D eigenvalue weighted by Gasteiger charge is -2.27. The molecule has 2 rings (SSSR count). The maximum absolute atomic E-state index is 13.0. The van der Waals surface area contributed by atoms with Gasteiger partial charge in [-0.2, -0.15) is 4.31 Å². The quantitative estimate of drug-likeness (QED) is 0.750. The standard InChI is InChI=1S/C18H20ClFN2O3S/c1-13(14-4-8-16(20)9-5-14)22(3)18(23)12-21(2)26(24,25)17-10-6-15(19)7-11-17/h4-11,13H,12H2,1-3H3/t13-/m0/s1. The normalized spacial score (nSPS) is 12.8. The van der Waals surface area contributed by atoms with Crippen LogP contribution in [0.15, 0.2) is 53.4 Å². The highest BCUT2D eigenvalue weighted by Crippen LogP contribution is 2.21. The van der Waals surface area contributed by atoms with Crippen molar-refractivity contribution in [2.45, 2.75) is 17.9 Å². The maximum atomic E-state index is 13.0. The second-order valence-corrected chi connectivity index (χ2v) is 8.43. The zero-order chi connectivity index (χ0) is 19.5. The second kappa shape index (κ2) is 8.16. The number of rotatable bonds is 6. The van der Waals surface area contributed by atoms with Crippen molar-refractivity contribution in [2.75, 3.05) is 20.6 Å². The third-order valence-corrected chi connectivity index (χ3v) is 6.28. The molecule has 26 heavy (non-hydrogen) atoms. The molecule has 1 atom stereocenters. The Bertz CT molecular complexity index is 870. The predicted octanol–water partition coefficient (Wildman–Crippen LogP) is 3.32. The van der Waals surface area contributed by atoms with Crippen LogP contribution in [0.3, 0.4) is 0 Å². The van der Waals surface area contributed by atoms with Crippen molar-refractivity contribution in [3.63, 3.8) is 0 Å². The van der Waals surface area contributed by atoms with E-state index in [2.05, 4.69) is 0 Å². The van der Waals surface area contributed by atoms with Crippen molar-refractivity contribution in [3.05, 3.63) is 64.9 Å². The van der Waals surface area contributed by atoms with E-state index in [4.69, 9.17) is 11.6 Å². The Labute approximate surface area is 158 Å². The molecule has 0 aliphatic rings. The van der Waals surface area contributed by atoms with Crippen molar-refractivity contribution < 1.29 is 17.6 Å². The molecule has 140 valence electrons. The lowest BCUT2D eigenvalue weighted by Crippen LogP contribution is -2.40. The summed E-state index contributed by atoms with van der Waals surface area (Å²) in [5.74, 6) is -0.731. The number of benzene rings is 2. The minimum atomic E-state index is -3.80. The number of hydrogen-bond acceptors (Lipinski definition) is 3. The molecule has 0 spiro atoms. The number of carbonyl (C=O) groups is 1. The first-order valence-corrected chi connectivity index (χ1v) is 9.67. The minimum Gasteiger partial charge on any atom is -0.338 e. The topological polar surface area (TPSA) is 57.7 Å². The fraction of sp³-hybridized carbons (Fsp3) is 0.278. The Hall–Kier alpha value is -1.96. The molecule has 2 aromatic rings. The number of carbonyl (C=O) groups excluding carboxylic acids is 1. The van der Waals surface area contributed by atoms with Gasteiger partial charge in [-0.15, -0.1) is 0 Å². The van der Waals surface area contributed by atoms with Gasteiger partial charge in [-0.25, -0.2) is 12.8 Å². The summed E-state index contributed by atoms with van der Waals surface area (Å²) in [6.45, 7) is 1.48. The third kappa shape index (κ3) is 4.60. The number of likely N-dealkylation sites (N-methyl/N-ethyl adjacent to an activating group) is 2. The van der Waals surface area contributed by atoms with Crippen LogP contribution < -0.4 is 0 Å². The molecule has 0 aliphatic carbocycles. The average Bonchev–Trinajstić information content (AvgIpc) is 2.61. The van der Waals surface area contributed by atoms with Crippen LogP contribution in [0, 0.1) is 5.82 Å². The van der Waals surface area contributed by atoms with Gasteiger partial charge in [0.05, 0.1) is 17.5 Å². The monoisotopic (exact) mass is 398 g/mol. The summed E-state index contributed by atoms with van der Waals surface area (Å²) < 4.78 is 39.1. The maximum Gasteiger partial charge on any atom is 0.243 e. The fourth-order valence-electron chi connectivity index (χ4n) is 2.35. The molecular formula is C18H20ClFN2O3S. The SMILES string of the molecule is C[C@@H](c1ccc(F)cc1)N(C)C(=O)CN(C)S(=O)(=O)c1ccc(Cl)cc1. The summed E-state index contributed by atoms with van der Waals surface area (Å²) in [5.41, 5.74) is 0.755. The summed E-state index contributed by atoms with van der Waals surface area (Å²) in [4.78, 5) is 14.0. The summed E-state index contributed by atoms with van der Waals surface area (Å²) in [6.07, 6.45) is 0. The van der Waals surface area contributed by atoms with Crippen molar-refractivity contribution in [1.29, 1.82) is 0 Å². The van der Waals surface area contributed by atoms with Crippen molar-refractivity contribution in [1.82, 2.24) is 9.21 Å². The van der Waals surface area contributed by atoms with Crippen LogP contribution in [0.1, 0.15) is 18.5 Å². The summed E-state index contributed by atoms with van der Waals surface area (Å²) in [7, 11) is -0.875. The molecule has 2 aromatic carbocycles. The van der Waals surface area contributed by atoms with Gasteiger partial charge >= 0.3 is 0 Å². The van der Waals surface area contributed by atoms with Gasteiger partial charge in [-0.3, -0.25) is 4.79 Å². The van der Waals surface area contributed by atoms with E-state index in [0.29, 0.717) is 5.02 Å². The van der Waals surface area contributed by atoms with Gasteiger partial charge in [0.15, 0.2) is 0 Å². The van der Waals surface area contributed by atoms with E-state index in [1.807, 2.05) is 0 Å². The molecule has 5 nitrogen and oxygen atoms in total. The Morgan fingerprint density at radius 3 is 2.15 bits per heavy atom. The van der Waals surface area contributed by atoms with Gasteiger partial charge in [-0.1, -0.05) is 23.7 Å². The van der Waals surface area contributed by atoms with Gasteiger partial charge in [0.25, 0.3) is 0 Å². The van der Waals surface area contributed by atoms with E-state index < -0.39 is 10.0 Å². The third-order valence-electron chi connectivity index (χ3n) is 4.21. The summed E-state index contributed by atoms with van der Waals surface area (Å²) >= 11 is 5.78. The van der Waals surface area contributed by atoms with E-state index in [9.17, 15) is 17.6 Å². The number of hydrogen-bond donors (Lipinski definition) is 0. The molecule has 0 bridgehead atoms. The summed E-state index contributed by atoms with van der Waals surface area (Å²) in [6, 6.07) is 11.3. The van der Waals surface area contributed by atoms with Crippen LogP contribution >= 0.6 is 11.6 Å². The molecular weight excluding hydrogens is 379 g/mol. The van der Waals surface area contributed by atoms with Crippen molar-refractivity contribution in [2.24, 2.45) is 0 Å². The van der Waals surface area contributed by atoms with Gasteiger partial charge in [0.1, 0.15) is 5.82 Å². The zero-order valence-electron chi connectivity index (χ0n) is 14.7. The Kier molecular flexibility index (Phi) is 6.39. The molecule has 0 aromatic heterocycles. The zero-order valence-corrected chi connectivity index (χ0v) is 16.3.